The van der Waals surface area contributed by atoms with Crippen molar-refractivity contribution in [2.75, 3.05) is 11.9 Å². The third kappa shape index (κ3) is 3.88. The number of carbonyl (C=O) groups excluding carboxylic acids is 1. The topological polar surface area (TPSA) is 113 Å². The van der Waals surface area contributed by atoms with Gasteiger partial charge in [-0.3, -0.25) is 5.32 Å². The van der Waals surface area contributed by atoms with Gasteiger partial charge in [0.1, 0.15) is 0 Å². The predicted molar refractivity (Wildman–Crippen MR) is 64.6 cm³/mol. The number of anilines is 1. The summed E-state index contributed by atoms with van der Waals surface area (Å²) in [5.41, 5.74) is 0. The van der Waals surface area contributed by atoms with Crippen molar-refractivity contribution in [2.45, 2.75) is 25.0 Å². The SMILES string of the molecule is O=C(NCC1CCC(C(=O)O)O1)Nc1ncccn1. The van der Waals surface area contributed by atoms with Crippen molar-refractivity contribution in [1.82, 2.24) is 15.3 Å². The molecule has 0 aromatic carbocycles. The van der Waals surface area contributed by atoms with Gasteiger partial charge in [-0.15, -0.1) is 0 Å². The largest absolute Gasteiger partial charge is 0.479 e. The number of aromatic nitrogens is 2. The van der Waals surface area contributed by atoms with Gasteiger partial charge in [0, 0.05) is 18.9 Å². The Hall–Kier alpha value is -2.22. The van der Waals surface area contributed by atoms with E-state index in [1.54, 1.807) is 6.07 Å². The molecule has 3 N–H and O–H groups in total. The second-order valence-electron chi connectivity index (χ2n) is 4.07. The van der Waals surface area contributed by atoms with E-state index in [1.807, 2.05) is 0 Å². The molecule has 1 aliphatic heterocycles. The highest BCUT2D eigenvalue weighted by molar-refractivity contribution is 5.87. The van der Waals surface area contributed by atoms with E-state index in [0.29, 0.717) is 12.8 Å². The first-order chi connectivity index (χ1) is 9.15. The monoisotopic (exact) mass is 266 g/mol. The molecule has 2 unspecified atom stereocenters. The summed E-state index contributed by atoms with van der Waals surface area (Å²) in [5.74, 6) is -0.764. The van der Waals surface area contributed by atoms with Gasteiger partial charge in [-0.1, -0.05) is 0 Å². The van der Waals surface area contributed by atoms with Gasteiger partial charge in [0.15, 0.2) is 6.10 Å². The van der Waals surface area contributed by atoms with Crippen LogP contribution in [0.4, 0.5) is 10.7 Å². The van der Waals surface area contributed by atoms with Gasteiger partial charge < -0.3 is 15.2 Å². The number of nitrogens with zero attached hydrogens (tertiary/aromatic N) is 2. The summed E-state index contributed by atoms with van der Waals surface area (Å²) in [4.78, 5) is 29.9. The normalized spacial score (nSPS) is 21.9. The van der Waals surface area contributed by atoms with Gasteiger partial charge in [-0.2, -0.15) is 0 Å². The number of amides is 2. The Bertz CT molecular complexity index is 453. The van der Waals surface area contributed by atoms with E-state index in [2.05, 4.69) is 20.6 Å². The van der Waals surface area contributed by atoms with Crippen LogP contribution in [-0.2, 0) is 9.53 Å². The summed E-state index contributed by atoms with van der Waals surface area (Å²) >= 11 is 0. The third-order valence-corrected chi connectivity index (χ3v) is 2.66. The molecule has 8 nitrogen and oxygen atoms in total. The van der Waals surface area contributed by atoms with Gasteiger partial charge in [-0.05, 0) is 18.9 Å². The Morgan fingerprint density at radius 3 is 2.74 bits per heavy atom. The molecule has 0 spiro atoms. The van der Waals surface area contributed by atoms with Crippen molar-refractivity contribution >= 4 is 17.9 Å². The Morgan fingerprint density at radius 2 is 2.11 bits per heavy atom. The van der Waals surface area contributed by atoms with Crippen molar-refractivity contribution in [3.05, 3.63) is 18.5 Å². The average Bonchev–Trinajstić information content (AvgIpc) is 2.86. The second-order valence-corrected chi connectivity index (χ2v) is 4.07. The van der Waals surface area contributed by atoms with Crippen LogP contribution in [0.25, 0.3) is 0 Å². The number of urea groups is 1. The van der Waals surface area contributed by atoms with E-state index >= 15 is 0 Å². The minimum absolute atomic E-state index is 0.204. The highest BCUT2D eigenvalue weighted by Gasteiger charge is 2.30. The molecule has 1 aliphatic rings. The van der Waals surface area contributed by atoms with Crippen LogP contribution < -0.4 is 10.6 Å². The molecule has 0 saturated carbocycles. The summed E-state index contributed by atoms with van der Waals surface area (Å²) < 4.78 is 5.25. The Kier molecular flexibility index (Phi) is 4.24. The molecule has 0 bridgehead atoms. The Labute approximate surface area is 109 Å². The second kappa shape index (κ2) is 6.10. The van der Waals surface area contributed by atoms with Gasteiger partial charge in [-0.25, -0.2) is 19.6 Å². The molecule has 1 aromatic heterocycles. The van der Waals surface area contributed by atoms with E-state index in [-0.39, 0.29) is 18.6 Å². The van der Waals surface area contributed by atoms with Crippen molar-refractivity contribution in [2.24, 2.45) is 0 Å². The number of hydrogen-bond acceptors (Lipinski definition) is 5. The average molecular weight is 266 g/mol. The number of nitrogens with one attached hydrogen (secondary N) is 2. The maximum atomic E-state index is 11.5. The molecule has 2 rings (SSSR count). The van der Waals surface area contributed by atoms with Gasteiger partial charge in [0.05, 0.1) is 6.10 Å². The van der Waals surface area contributed by atoms with Gasteiger partial charge in [0.25, 0.3) is 0 Å². The lowest BCUT2D eigenvalue weighted by atomic mass is 10.2. The zero-order chi connectivity index (χ0) is 13.7. The number of ether oxygens (including phenoxy) is 1. The molecule has 1 saturated heterocycles. The molecule has 1 fully saturated rings. The first-order valence-electron chi connectivity index (χ1n) is 5.85. The van der Waals surface area contributed by atoms with E-state index in [4.69, 9.17) is 9.84 Å². The van der Waals surface area contributed by atoms with Crippen LogP contribution in [0.15, 0.2) is 18.5 Å². The molecule has 0 aliphatic carbocycles. The van der Waals surface area contributed by atoms with Crippen LogP contribution in [0.1, 0.15) is 12.8 Å². The van der Waals surface area contributed by atoms with Crippen molar-refractivity contribution in [3.63, 3.8) is 0 Å². The highest BCUT2D eigenvalue weighted by Crippen LogP contribution is 2.19. The molecule has 2 heterocycles. The molecular formula is C11H14N4O4. The molecule has 8 heteroatoms. The standard InChI is InChI=1S/C11H14N4O4/c16-9(17)8-3-2-7(19-8)6-14-11(18)15-10-12-4-1-5-13-10/h1,4-5,7-8H,2-3,6H2,(H,16,17)(H2,12,13,14,15,18). The van der Waals surface area contributed by atoms with E-state index in [1.165, 1.54) is 12.4 Å². The highest BCUT2D eigenvalue weighted by atomic mass is 16.5. The maximum Gasteiger partial charge on any atom is 0.332 e. The summed E-state index contributed by atoms with van der Waals surface area (Å²) in [6, 6.07) is 1.19. The first-order valence-corrected chi connectivity index (χ1v) is 5.85. The predicted octanol–water partition coefficient (Wildman–Crippen LogP) is 0.230. The minimum Gasteiger partial charge on any atom is -0.479 e. The Balaban J connectivity index is 1.71. The minimum atomic E-state index is -0.968. The number of hydrogen-bond donors (Lipinski definition) is 3. The van der Waals surface area contributed by atoms with Gasteiger partial charge >= 0.3 is 12.0 Å². The van der Waals surface area contributed by atoms with Crippen LogP contribution in [0.2, 0.25) is 0 Å². The van der Waals surface area contributed by atoms with E-state index in [0.717, 1.165) is 0 Å². The molecule has 2 atom stereocenters. The third-order valence-electron chi connectivity index (χ3n) is 2.66. The summed E-state index contributed by atoms with van der Waals surface area (Å²) in [7, 11) is 0. The maximum absolute atomic E-state index is 11.5. The fourth-order valence-electron chi connectivity index (χ4n) is 1.75. The lowest BCUT2D eigenvalue weighted by Gasteiger charge is -2.12. The lowest BCUT2D eigenvalue weighted by Crippen LogP contribution is -2.36. The number of carboxylic acid groups (broad SMARTS) is 1. The van der Waals surface area contributed by atoms with Crippen molar-refractivity contribution in [3.8, 4) is 0 Å². The fourth-order valence-corrected chi connectivity index (χ4v) is 1.75. The van der Waals surface area contributed by atoms with E-state index < -0.39 is 18.1 Å². The molecule has 0 radical (unpaired) electrons. The van der Waals surface area contributed by atoms with Crippen LogP contribution in [-0.4, -0.2) is 45.8 Å². The Morgan fingerprint density at radius 1 is 1.37 bits per heavy atom. The van der Waals surface area contributed by atoms with Crippen LogP contribution in [0.5, 0.6) is 0 Å². The quantitative estimate of drug-likeness (QED) is 0.719. The number of rotatable bonds is 4. The smallest absolute Gasteiger partial charge is 0.332 e. The van der Waals surface area contributed by atoms with Crippen LogP contribution >= 0.6 is 0 Å². The molecule has 19 heavy (non-hydrogen) atoms. The summed E-state index contributed by atoms with van der Waals surface area (Å²) in [5, 5.41) is 13.8. The first kappa shape index (κ1) is 13.2. The van der Waals surface area contributed by atoms with Crippen molar-refractivity contribution < 1.29 is 19.4 Å². The van der Waals surface area contributed by atoms with E-state index in [9.17, 15) is 9.59 Å². The summed E-state index contributed by atoms with van der Waals surface area (Å²) in [6.07, 6.45) is 3.06. The lowest BCUT2D eigenvalue weighted by molar-refractivity contribution is -0.149. The molecule has 102 valence electrons. The van der Waals surface area contributed by atoms with Gasteiger partial charge in [0.2, 0.25) is 5.95 Å². The zero-order valence-electron chi connectivity index (χ0n) is 10.1. The number of carboxylic acids is 1. The number of aliphatic carboxylic acids is 1. The fraction of sp³-hybridized carbons (Fsp3) is 0.455. The van der Waals surface area contributed by atoms with Crippen molar-refractivity contribution in [1.29, 1.82) is 0 Å². The summed E-state index contributed by atoms with van der Waals surface area (Å²) in [6.45, 7) is 0.252. The molecule has 2 amide bonds. The molecule has 1 aromatic rings. The zero-order valence-corrected chi connectivity index (χ0v) is 10.1. The number of carbonyl (C=O) groups is 2. The van der Waals surface area contributed by atoms with Crippen LogP contribution in [0.3, 0.4) is 0 Å². The van der Waals surface area contributed by atoms with Crippen LogP contribution in [0, 0.1) is 0 Å². The molecular weight excluding hydrogens is 252 g/mol.